The van der Waals surface area contributed by atoms with Crippen LogP contribution in [0.25, 0.3) is 11.0 Å². The van der Waals surface area contributed by atoms with Crippen molar-refractivity contribution in [1.29, 1.82) is 0 Å². The Morgan fingerprint density at radius 1 is 1.32 bits per heavy atom. The molecule has 4 nitrogen and oxygen atoms in total. The smallest absolute Gasteiger partial charge is 0.142 e. The zero-order valence-corrected chi connectivity index (χ0v) is 18.7. The van der Waals surface area contributed by atoms with E-state index >= 15 is 0 Å². The first-order chi connectivity index (χ1) is 10.5. The highest BCUT2D eigenvalue weighted by molar-refractivity contribution is 14.1. The highest BCUT2D eigenvalue weighted by atomic mass is 127. The molecule has 0 fully saturated rings. The van der Waals surface area contributed by atoms with Crippen molar-refractivity contribution in [3.8, 4) is 0 Å². The largest absolute Gasteiger partial charge is 0.357 e. The number of fused-ring (bicyclic) bond motifs is 1. The number of alkyl halides is 5. The Kier molecular flexibility index (Phi) is 18.5. The minimum absolute atomic E-state index is 0.377. The van der Waals surface area contributed by atoms with Crippen molar-refractivity contribution in [3.63, 3.8) is 0 Å². The maximum atomic E-state index is 5.57. The van der Waals surface area contributed by atoms with Crippen LogP contribution in [-0.4, -0.2) is 31.3 Å². The minimum Gasteiger partial charge on any atom is -0.357 e. The first-order valence-corrected chi connectivity index (χ1v) is 10.3. The summed E-state index contributed by atoms with van der Waals surface area (Å²) in [5.74, 6) is 0.814. The predicted molar refractivity (Wildman–Crippen MR) is 114 cm³/mol. The number of nitrogens with two attached hydrogens (primary N) is 1. The molecule has 0 saturated heterocycles. The molecule has 0 amide bonds. The van der Waals surface area contributed by atoms with Gasteiger partial charge in [-0.25, -0.2) is 4.98 Å². The zero-order chi connectivity index (χ0) is 17.5. The molecule has 0 spiro atoms. The van der Waals surface area contributed by atoms with E-state index in [9.17, 15) is 0 Å². The van der Waals surface area contributed by atoms with Gasteiger partial charge in [-0.3, -0.25) is 0 Å². The summed E-state index contributed by atoms with van der Waals surface area (Å²) in [5, 5.41) is 4.13. The number of nitrogens with zero attached hydrogens (tertiary/aromatic N) is 2. The molecule has 0 aromatic carbocycles. The lowest BCUT2D eigenvalue weighted by Crippen LogP contribution is -1.99. The fourth-order valence-corrected chi connectivity index (χ4v) is 1.63. The van der Waals surface area contributed by atoms with Gasteiger partial charge in [-0.2, -0.15) is 0 Å². The van der Waals surface area contributed by atoms with Gasteiger partial charge in [0.25, 0.3) is 0 Å². The van der Waals surface area contributed by atoms with Crippen LogP contribution >= 0.6 is 73.3 Å². The normalized spacial score (nSPS) is 8.77. The highest BCUT2D eigenvalue weighted by Crippen LogP contribution is 2.18. The van der Waals surface area contributed by atoms with E-state index in [-0.39, 0.29) is 0 Å². The Bertz CT molecular complexity index is 509. The molecule has 22 heavy (non-hydrogen) atoms. The van der Waals surface area contributed by atoms with E-state index in [1.54, 1.807) is 0 Å². The second kappa shape index (κ2) is 16.4. The zero-order valence-electron chi connectivity index (χ0n) is 12.7. The van der Waals surface area contributed by atoms with Gasteiger partial charge in [0.15, 0.2) is 0 Å². The molecule has 0 atom stereocenters. The highest BCUT2D eigenvalue weighted by Gasteiger charge is 2.03. The van der Waals surface area contributed by atoms with Crippen molar-refractivity contribution in [2.45, 2.75) is 6.92 Å². The summed E-state index contributed by atoms with van der Waals surface area (Å²) in [7, 11) is 3.51. The molecule has 0 saturated carbocycles. The summed E-state index contributed by atoms with van der Waals surface area (Å²) >= 11 is 20.4. The number of halogens is 5. The molecule has 0 unspecified atom stereocenters. The topological polar surface area (TPSA) is 55.9 Å². The van der Waals surface area contributed by atoms with Crippen molar-refractivity contribution in [1.82, 2.24) is 9.55 Å². The number of anilines is 1. The number of pyridine rings is 1. The monoisotopic (exact) mass is 544 g/mol. The lowest BCUT2D eigenvalue weighted by atomic mass is 10.3. The number of nitrogens with one attached hydrogen (secondary N) is 1. The van der Waals surface area contributed by atoms with E-state index in [2.05, 4.69) is 72.1 Å². The number of aromatic nitrogens is 2. The minimum atomic E-state index is 0.377. The Balaban J connectivity index is 0. The van der Waals surface area contributed by atoms with Crippen LogP contribution < -0.4 is 11.1 Å². The Morgan fingerprint density at radius 2 is 1.82 bits per heavy atom. The molecule has 2 aromatic rings. The van der Waals surface area contributed by atoms with Crippen LogP contribution in [-0.2, 0) is 7.05 Å². The molecule has 0 radical (unpaired) electrons. The van der Waals surface area contributed by atoms with E-state index in [0.29, 0.717) is 14.7 Å². The fraction of sp³-hybridized carbons (Fsp3) is 0.462. The first-order valence-electron chi connectivity index (χ1n) is 6.10. The predicted octanol–water partition coefficient (Wildman–Crippen LogP) is 5.26. The third-order valence-corrected chi connectivity index (χ3v) is 2.50. The van der Waals surface area contributed by atoms with Crippen LogP contribution in [0.4, 0.5) is 5.82 Å². The third kappa shape index (κ3) is 9.62. The van der Waals surface area contributed by atoms with E-state index < -0.39 is 0 Å². The van der Waals surface area contributed by atoms with Crippen LogP contribution in [0, 0.1) is 6.92 Å². The summed E-state index contributed by atoms with van der Waals surface area (Å²) in [6.45, 7) is 2.07. The van der Waals surface area contributed by atoms with E-state index in [1.165, 1.54) is 12.7 Å². The SMILES string of the molecule is CN.Cc1cc2ccc(NCCl)nc2n1C.ClCBr.ClCI. The summed E-state index contributed by atoms with van der Waals surface area (Å²) in [4.78, 5) is 4.99. The maximum Gasteiger partial charge on any atom is 0.142 e. The van der Waals surface area contributed by atoms with Gasteiger partial charge in [0.1, 0.15) is 11.5 Å². The van der Waals surface area contributed by atoms with E-state index in [4.69, 9.17) is 34.8 Å². The Labute approximate surface area is 169 Å². The van der Waals surface area contributed by atoms with Gasteiger partial charge in [0.05, 0.1) is 14.7 Å². The molecule has 2 heterocycles. The van der Waals surface area contributed by atoms with Gasteiger partial charge < -0.3 is 15.6 Å². The van der Waals surface area contributed by atoms with Crippen LogP contribution in [0.2, 0.25) is 0 Å². The molecule has 128 valence electrons. The van der Waals surface area contributed by atoms with Crippen molar-refractivity contribution in [2.24, 2.45) is 12.8 Å². The lowest BCUT2D eigenvalue weighted by molar-refractivity contribution is 0.902. The van der Waals surface area contributed by atoms with Gasteiger partial charge in [-0.05, 0) is 32.2 Å². The molecule has 3 N–H and O–H groups in total. The second-order valence-corrected chi connectivity index (χ2v) is 7.14. The Morgan fingerprint density at radius 3 is 2.27 bits per heavy atom. The van der Waals surface area contributed by atoms with Gasteiger partial charge in [0.2, 0.25) is 0 Å². The third-order valence-electron chi connectivity index (χ3n) is 2.36. The van der Waals surface area contributed by atoms with Gasteiger partial charge in [-0.15, -0.1) is 34.8 Å². The van der Waals surface area contributed by atoms with Crippen molar-refractivity contribution < 1.29 is 0 Å². The van der Waals surface area contributed by atoms with Crippen LogP contribution in [0.15, 0.2) is 18.2 Å². The van der Waals surface area contributed by atoms with E-state index in [1.807, 2.05) is 19.2 Å². The standard InChI is InChI=1S/C10H12ClN3.CH2BrCl.CH2ClI.CH5N/c1-7-5-8-3-4-9(12-6-11)13-10(8)14(7)2;2*2-1-3;1-2/h3-5H,6H2,1-2H3,(H,12,13);2*1H2;2H2,1H3. The molecule has 2 rings (SSSR count). The van der Waals surface area contributed by atoms with Crippen LogP contribution in [0.1, 0.15) is 5.69 Å². The summed E-state index contributed by atoms with van der Waals surface area (Å²) in [6.07, 6.45) is 0. The number of hydrogen-bond acceptors (Lipinski definition) is 3. The summed E-state index contributed by atoms with van der Waals surface area (Å²) in [6, 6.07) is 6.48. The average Bonchev–Trinajstić information content (AvgIpc) is 2.79. The molecule has 0 aliphatic rings. The summed E-state index contributed by atoms with van der Waals surface area (Å²) < 4.78 is 2.76. The molecular formula is C13H21BrCl3IN4. The molecule has 2 aromatic heterocycles. The van der Waals surface area contributed by atoms with Crippen LogP contribution in [0.3, 0.4) is 0 Å². The van der Waals surface area contributed by atoms with Crippen molar-refractivity contribution in [2.75, 3.05) is 27.0 Å². The van der Waals surface area contributed by atoms with Crippen molar-refractivity contribution >= 4 is 90.2 Å². The first kappa shape index (κ1) is 24.8. The molecule has 0 aliphatic carbocycles. The number of aryl methyl sites for hydroxylation is 2. The van der Waals surface area contributed by atoms with Gasteiger partial charge >= 0.3 is 0 Å². The molecular weight excluding hydrogens is 525 g/mol. The number of hydrogen-bond donors (Lipinski definition) is 2. The van der Waals surface area contributed by atoms with Crippen molar-refractivity contribution in [3.05, 3.63) is 23.9 Å². The van der Waals surface area contributed by atoms with Gasteiger partial charge in [0, 0.05) is 18.1 Å². The second-order valence-electron chi connectivity index (χ2n) is 3.47. The molecule has 0 bridgehead atoms. The maximum absolute atomic E-state index is 5.57. The fourth-order valence-electron chi connectivity index (χ4n) is 1.50. The van der Waals surface area contributed by atoms with Crippen LogP contribution in [0.5, 0.6) is 0 Å². The number of rotatable bonds is 2. The molecule has 9 heteroatoms. The summed E-state index contributed by atoms with van der Waals surface area (Å²) in [5.41, 5.74) is 6.69. The Hall–Kier alpha value is 0.530. The average molecular weight is 547 g/mol. The quantitative estimate of drug-likeness (QED) is 0.307. The lowest BCUT2D eigenvalue weighted by Gasteiger charge is -2.02. The van der Waals surface area contributed by atoms with Gasteiger partial charge in [-0.1, -0.05) is 38.5 Å². The molecule has 0 aliphatic heterocycles. The van der Waals surface area contributed by atoms with E-state index in [0.717, 1.165) is 16.9 Å².